The van der Waals surface area contributed by atoms with Gasteiger partial charge in [-0.25, -0.2) is 4.79 Å². The Kier molecular flexibility index (Phi) is 35.4. The minimum atomic E-state index is -1.39. The molecule has 4 aromatic rings. The molecule has 0 saturated carbocycles. The highest BCUT2D eigenvalue weighted by Gasteiger charge is 2.43. The van der Waals surface area contributed by atoms with Crippen molar-refractivity contribution in [2.45, 2.75) is 225 Å². The lowest BCUT2D eigenvalue weighted by atomic mass is 9.99. The maximum atomic E-state index is 15.3. The molecule has 12 atom stereocenters. The minimum Gasteiger partial charge on any atom is -0.508 e. The van der Waals surface area contributed by atoms with Gasteiger partial charge in [0.1, 0.15) is 78.0 Å². The number of phenols is 2. The van der Waals surface area contributed by atoms with Crippen LogP contribution in [0.4, 0.5) is 0 Å². The van der Waals surface area contributed by atoms with Crippen LogP contribution in [-0.4, -0.2) is 196 Å². The van der Waals surface area contributed by atoms with Gasteiger partial charge in [-0.15, -0.1) is 0 Å². The molecule has 17 N–H and O–H groups in total. The van der Waals surface area contributed by atoms with Crippen molar-refractivity contribution in [3.8, 4) is 11.5 Å². The van der Waals surface area contributed by atoms with E-state index in [2.05, 4.69) is 47.9 Å². The molecule has 109 heavy (non-hydrogen) atoms. The number of ether oxygens (including phenoxy) is 1. The van der Waals surface area contributed by atoms with E-state index in [0.717, 1.165) is 5.56 Å². The maximum absolute atomic E-state index is 15.3. The zero-order valence-corrected chi connectivity index (χ0v) is 64.4. The topological polar surface area (TPSA) is 447 Å². The molecule has 596 valence electrons. The van der Waals surface area contributed by atoms with Gasteiger partial charge >= 0.3 is 5.97 Å². The molecule has 0 spiro atoms. The second-order valence-electron chi connectivity index (χ2n) is 29.9. The first-order valence-electron chi connectivity index (χ1n) is 38.2. The number of aromatic hydroxyl groups is 2. The van der Waals surface area contributed by atoms with Gasteiger partial charge in [-0.05, 0) is 161 Å². The van der Waals surface area contributed by atoms with Gasteiger partial charge in [0.15, 0.2) is 0 Å². The number of likely N-dealkylation sites (tertiary alicyclic amines) is 2. The molecule has 29 heteroatoms. The molecule has 0 bridgehead atoms. The number of benzene rings is 4. The highest BCUT2D eigenvalue weighted by Crippen LogP contribution is 2.24. The molecular formula is C80H116N14O15. The Morgan fingerprint density at radius 2 is 0.771 bits per heavy atom. The number of phenolic OH excluding ortho intramolecular Hbond substituents is 2. The van der Waals surface area contributed by atoms with Gasteiger partial charge in [0, 0.05) is 32.4 Å². The molecule has 0 aliphatic carbocycles. The number of amides is 11. The first kappa shape index (κ1) is 87.9. The molecule has 29 nitrogen and oxygen atoms in total. The van der Waals surface area contributed by atoms with E-state index < -0.39 is 155 Å². The average Bonchev–Trinajstić information content (AvgIpc) is 1.74. The molecule has 4 aromatic carbocycles. The summed E-state index contributed by atoms with van der Waals surface area (Å²) in [6.45, 7) is 16.5. The van der Waals surface area contributed by atoms with Crippen LogP contribution in [0.3, 0.4) is 0 Å². The van der Waals surface area contributed by atoms with Crippen LogP contribution >= 0.6 is 0 Å². The van der Waals surface area contributed by atoms with E-state index in [1.807, 2.05) is 58.0 Å². The van der Waals surface area contributed by atoms with Crippen LogP contribution < -0.4 is 65.1 Å². The summed E-state index contributed by atoms with van der Waals surface area (Å²) in [4.78, 5) is 176. The predicted octanol–water partition coefficient (Wildman–Crippen LogP) is 2.49. The zero-order chi connectivity index (χ0) is 80.0. The van der Waals surface area contributed by atoms with Crippen molar-refractivity contribution in [1.29, 1.82) is 0 Å². The number of nitrogens with one attached hydrogen (secondary N) is 9. The van der Waals surface area contributed by atoms with Gasteiger partial charge in [-0.2, -0.15) is 0 Å². The van der Waals surface area contributed by atoms with Gasteiger partial charge in [-0.1, -0.05) is 140 Å². The molecule has 2 heterocycles. The van der Waals surface area contributed by atoms with Crippen LogP contribution in [-0.2, 0) is 88.0 Å². The van der Waals surface area contributed by atoms with Crippen molar-refractivity contribution < 1.29 is 72.5 Å². The summed E-state index contributed by atoms with van der Waals surface area (Å²) in [5.74, 6) is -9.85. The van der Waals surface area contributed by atoms with Crippen molar-refractivity contribution in [3.63, 3.8) is 0 Å². The lowest BCUT2D eigenvalue weighted by Crippen LogP contribution is -2.61. The van der Waals surface area contributed by atoms with Gasteiger partial charge in [0.25, 0.3) is 0 Å². The third-order valence-corrected chi connectivity index (χ3v) is 19.3. The highest BCUT2D eigenvalue weighted by atomic mass is 16.5. The average molecular weight is 1510 g/mol. The molecule has 0 radical (unpaired) electrons. The fourth-order valence-corrected chi connectivity index (χ4v) is 13.4. The second-order valence-corrected chi connectivity index (χ2v) is 29.9. The number of hydrogen-bond acceptors (Lipinski definition) is 18. The van der Waals surface area contributed by atoms with Crippen LogP contribution in [0.15, 0.2) is 109 Å². The number of esters is 1. The SMILES string of the molecule is CCOC(=O)[C@H](CC(C)C)NC(=O)[C@H](CCCN)NC(=O)[C@@H](NC(=O)[C@@H](Cc1ccc(O)cc1)NC(=O)[C@@H]1CCCN1C(=O)[C@@H](Cc1ccccc1)NC(=O)[C@H](CC(C)C)NC(=O)[C@H](CCCN)NC(=O)[C@@H](NC(=O)[C@@H](Cc1ccc(O)cc1)NC(=O)[C@@H]1CCCN1C(=O)[C@H](N)Cc1ccccc1)C(C)C)C(C)C. The quantitative estimate of drug-likeness (QED) is 0.0283. The number of nitrogens with zero attached hydrogens (tertiary/aromatic N) is 2. The van der Waals surface area contributed by atoms with E-state index in [4.69, 9.17) is 21.9 Å². The molecule has 0 unspecified atom stereocenters. The normalized spacial score (nSPS) is 17.0. The van der Waals surface area contributed by atoms with E-state index in [9.17, 15) is 63.0 Å². The van der Waals surface area contributed by atoms with Crippen LogP contribution in [0.25, 0.3) is 0 Å². The van der Waals surface area contributed by atoms with Crippen molar-refractivity contribution >= 4 is 70.9 Å². The molecule has 0 aromatic heterocycles. The summed E-state index contributed by atoms with van der Waals surface area (Å²) in [5, 5.41) is 45.6. The number of carbonyl (C=O) groups is 12. The van der Waals surface area contributed by atoms with Crippen LogP contribution in [0.2, 0.25) is 0 Å². The van der Waals surface area contributed by atoms with Gasteiger partial charge < -0.3 is 89.8 Å². The molecule has 6 rings (SSSR count). The number of carbonyl (C=O) groups excluding carboxylic acids is 12. The maximum Gasteiger partial charge on any atom is 0.328 e. The Hall–Kier alpha value is -10.0. The van der Waals surface area contributed by atoms with Crippen molar-refractivity contribution in [3.05, 3.63) is 131 Å². The summed E-state index contributed by atoms with van der Waals surface area (Å²) < 4.78 is 5.23. The fourth-order valence-electron chi connectivity index (χ4n) is 13.4. The van der Waals surface area contributed by atoms with E-state index in [0.29, 0.717) is 42.4 Å². The van der Waals surface area contributed by atoms with Crippen molar-refractivity contribution in [1.82, 2.24) is 57.7 Å². The van der Waals surface area contributed by atoms with E-state index in [1.165, 1.54) is 34.1 Å². The first-order chi connectivity index (χ1) is 51.9. The molecule has 2 saturated heterocycles. The van der Waals surface area contributed by atoms with Crippen LogP contribution in [0, 0.1) is 23.7 Å². The minimum absolute atomic E-state index is 0.0108. The van der Waals surface area contributed by atoms with E-state index in [-0.39, 0.29) is 120 Å². The Balaban J connectivity index is 1.20. The summed E-state index contributed by atoms with van der Waals surface area (Å²) in [6, 6.07) is 15.5. The fraction of sp³-hybridized carbons (Fsp3) is 0.550. The lowest BCUT2D eigenvalue weighted by Gasteiger charge is -2.32. The molecular weight excluding hydrogens is 1400 g/mol. The van der Waals surface area contributed by atoms with Gasteiger partial charge in [0.2, 0.25) is 65.0 Å². The summed E-state index contributed by atoms with van der Waals surface area (Å²) >= 11 is 0. The Labute approximate surface area is 639 Å². The number of rotatable bonds is 42. The van der Waals surface area contributed by atoms with Crippen molar-refractivity contribution in [2.24, 2.45) is 40.9 Å². The van der Waals surface area contributed by atoms with Gasteiger partial charge in [-0.3, -0.25) is 52.7 Å². The predicted molar refractivity (Wildman–Crippen MR) is 411 cm³/mol. The molecule has 11 amide bonds. The number of hydrogen-bond donors (Lipinski definition) is 14. The summed E-state index contributed by atoms with van der Waals surface area (Å²) in [7, 11) is 0. The van der Waals surface area contributed by atoms with Crippen molar-refractivity contribution in [2.75, 3.05) is 32.8 Å². The molecule has 2 aliphatic heterocycles. The Morgan fingerprint density at radius 3 is 1.17 bits per heavy atom. The third kappa shape index (κ3) is 27.6. The second kappa shape index (κ2) is 43.9. The first-order valence-corrected chi connectivity index (χ1v) is 38.2. The smallest absolute Gasteiger partial charge is 0.328 e. The molecule has 2 aliphatic rings. The monoisotopic (exact) mass is 1510 g/mol. The molecule has 2 fully saturated rings. The highest BCUT2D eigenvalue weighted by molar-refractivity contribution is 6.00. The third-order valence-electron chi connectivity index (χ3n) is 19.3. The van der Waals surface area contributed by atoms with Crippen LogP contribution in [0.1, 0.15) is 149 Å². The van der Waals surface area contributed by atoms with E-state index >= 15 is 4.79 Å². The summed E-state index contributed by atoms with van der Waals surface area (Å²) in [6.07, 6.45) is 2.14. The zero-order valence-electron chi connectivity index (χ0n) is 64.4. The standard InChI is InChI=1S/C80H116N14O15/c1-10-109-80(108)64(42-48(4)5)90-70(98)59(26-18-38-82)85-77(105)68(50(8)9)92-73(101)62(45-54-31-35-56(96)36-32-54)88-75(103)66-28-20-40-94(66)79(107)63(46-52-23-15-12-16-24-52)89-71(99)60(41-47(2)3)86-69(97)58(25-17-37-81)84-76(104)67(49(6)7)91-72(100)61(44-53-29-33-55(95)34-30-53)87-74(102)65-27-19-39-93(65)78(106)57(83)43-51-21-13-11-14-22-51/h11-16,21-24,29-36,47-50,57-68,95-96H,10,17-20,25-28,37-46,81-83H2,1-9H3,(H,84,104)(H,85,105)(H,86,97)(H,87,102)(H,88,103)(H,89,99)(H,90,98)(H,91,100)(H,92,101)/t57-,58+,59+,60+,61-,62-,63-,64+,65+,66+,67+,68+/m1/s1. The van der Waals surface area contributed by atoms with E-state index in [1.54, 1.807) is 89.2 Å². The summed E-state index contributed by atoms with van der Waals surface area (Å²) in [5.41, 5.74) is 20.8. The van der Waals surface area contributed by atoms with Gasteiger partial charge in [0.05, 0.1) is 12.6 Å². The lowest BCUT2D eigenvalue weighted by molar-refractivity contribution is -0.148. The Morgan fingerprint density at radius 1 is 0.422 bits per heavy atom. The Bertz CT molecular complexity index is 3660. The largest absolute Gasteiger partial charge is 0.508 e. The van der Waals surface area contributed by atoms with Crippen LogP contribution in [0.5, 0.6) is 11.5 Å². The number of nitrogens with two attached hydrogens (primary N) is 3.